The Morgan fingerprint density at radius 1 is 1.41 bits per heavy atom. The number of hydrogen-bond donors (Lipinski definition) is 1. The van der Waals surface area contributed by atoms with Gasteiger partial charge in [0.05, 0.1) is 13.2 Å². The minimum absolute atomic E-state index is 0.00849. The lowest BCUT2D eigenvalue weighted by Crippen LogP contribution is -2.41. The molecule has 1 aromatic carbocycles. The van der Waals surface area contributed by atoms with E-state index in [2.05, 4.69) is 4.98 Å². The fourth-order valence-electron chi connectivity index (χ4n) is 3.52. The summed E-state index contributed by atoms with van der Waals surface area (Å²) in [6.45, 7) is 1.40. The van der Waals surface area contributed by atoms with E-state index >= 15 is 0 Å². The van der Waals surface area contributed by atoms with E-state index in [4.69, 9.17) is 10.00 Å². The summed E-state index contributed by atoms with van der Waals surface area (Å²) in [5.41, 5.74) is 0.441. The van der Waals surface area contributed by atoms with E-state index in [0.29, 0.717) is 11.3 Å². The Labute approximate surface area is 155 Å². The molecular formula is C20H18F2N2O3. The number of methoxy groups -OCH3 is 1. The number of carbonyl (C=O) groups is 1. The van der Waals surface area contributed by atoms with Crippen molar-refractivity contribution in [3.63, 3.8) is 0 Å². The van der Waals surface area contributed by atoms with Crippen molar-refractivity contribution in [3.8, 4) is 11.8 Å². The Hall–Kier alpha value is -2.85. The summed E-state index contributed by atoms with van der Waals surface area (Å²) < 4.78 is 34.8. The molecule has 1 heterocycles. The molecule has 1 aliphatic carbocycles. The first-order chi connectivity index (χ1) is 12.8. The van der Waals surface area contributed by atoms with E-state index in [-0.39, 0.29) is 35.4 Å². The van der Waals surface area contributed by atoms with Gasteiger partial charge in [0.1, 0.15) is 6.07 Å². The van der Waals surface area contributed by atoms with Crippen LogP contribution in [-0.4, -0.2) is 23.0 Å². The number of aromatic nitrogens is 1. The second-order valence-corrected chi connectivity index (χ2v) is 6.57. The Morgan fingerprint density at radius 3 is 2.78 bits per heavy atom. The number of ketones is 1. The zero-order chi connectivity index (χ0) is 19.8. The van der Waals surface area contributed by atoms with Crippen LogP contribution in [0, 0.1) is 17.2 Å². The molecule has 3 rings (SSSR count). The molecule has 27 heavy (non-hydrogen) atoms. The number of rotatable bonds is 4. The van der Waals surface area contributed by atoms with Crippen molar-refractivity contribution in [2.24, 2.45) is 5.92 Å². The highest BCUT2D eigenvalue weighted by Crippen LogP contribution is 2.44. The van der Waals surface area contributed by atoms with Crippen LogP contribution in [0.4, 0.5) is 8.78 Å². The summed E-state index contributed by atoms with van der Waals surface area (Å²) in [7, 11) is 1.40. The number of nitriles is 1. The van der Waals surface area contributed by atoms with Gasteiger partial charge in [0, 0.05) is 17.2 Å². The van der Waals surface area contributed by atoms with Crippen LogP contribution in [0.2, 0.25) is 0 Å². The molecule has 5 nitrogen and oxygen atoms in total. The lowest BCUT2D eigenvalue weighted by Gasteiger charge is -2.32. The highest BCUT2D eigenvalue weighted by Gasteiger charge is 2.51. The molecule has 2 atom stereocenters. The summed E-state index contributed by atoms with van der Waals surface area (Å²) in [4.78, 5) is 16.6. The third-order valence-electron chi connectivity index (χ3n) is 4.79. The van der Waals surface area contributed by atoms with E-state index in [1.54, 1.807) is 18.2 Å². The van der Waals surface area contributed by atoms with Crippen molar-refractivity contribution < 1.29 is 23.4 Å². The molecule has 140 valence electrons. The van der Waals surface area contributed by atoms with Gasteiger partial charge in [-0.1, -0.05) is 18.2 Å². The Balaban J connectivity index is 1.97. The van der Waals surface area contributed by atoms with E-state index in [0.717, 1.165) is 0 Å². The summed E-state index contributed by atoms with van der Waals surface area (Å²) in [6.07, 6.45) is -0.984. The smallest absolute Gasteiger partial charge is 0.331 e. The van der Waals surface area contributed by atoms with Crippen LogP contribution in [0.5, 0.6) is 5.75 Å². The molecule has 0 saturated carbocycles. The maximum absolute atomic E-state index is 14.9. The molecule has 0 saturated heterocycles. The third kappa shape index (κ3) is 3.28. The number of aliphatic hydroxyl groups excluding tert-OH is 1. The van der Waals surface area contributed by atoms with Gasteiger partial charge >= 0.3 is 5.92 Å². The quantitative estimate of drug-likeness (QED) is 0.892. The van der Waals surface area contributed by atoms with Crippen molar-refractivity contribution in [3.05, 3.63) is 58.4 Å². The topological polar surface area (TPSA) is 83.2 Å². The second-order valence-electron chi connectivity index (χ2n) is 6.57. The molecular weight excluding hydrogens is 354 g/mol. The normalized spacial score (nSPS) is 19.1. The highest BCUT2D eigenvalue weighted by atomic mass is 19.3. The van der Waals surface area contributed by atoms with Gasteiger partial charge in [0.15, 0.2) is 11.4 Å². The Kier molecular flexibility index (Phi) is 4.94. The Bertz CT molecular complexity index is 935. The zero-order valence-corrected chi connectivity index (χ0v) is 14.9. The van der Waals surface area contributed by atoms with Gasteiger partial charge in [-0.3, -0.25) is 4.79 Å². The van der Waals surface area contributed by atoms with Crippen LogP contribution in [0.25, 0.3) is 0 Å². The molecule has 0 radical (unpaired) electrons. The number of alkyl halides is 2. The predicted molar refractivity (Wildman–Crippen MR) is 92.4 cm³/mol. The first-order valence-corrected chi connectivity index (χ1v) is 8.46. The molecule has 1 aromatic heterocycles. The van der Waals surface area contributed by atoms with Crippen molar-refractivity contribution in [2.75, 3.05) is 7.11 Å². The van der Waals surface area contributed by atoms with Crippen LogP contribution in [0.15, 0.2) is 30.3 Å². The number of Topliss-reactive ketones (excluding diaryl/α,β-unsaturated/α-hetero) is 1. The molecule has 7 heteroatoms. The van der Waals surface area contributed by atoms with Crippen LogP contribution in [0.3, 0.4) is 0 Å². The standard InChI is InChI=1S/C20H18F2N2O3/c1-11(25)15-5-3-4-12-8-13(19(26)20(21,22)18(12)15)9-14-6-7-17(27-2)16(10-23)24-14/h3-7,11,13,25H,8-9H2,1-2H3/t11-,13?/m0/s1. The van der Waals surface area contributed by atoms with E-state index < -0.39 is 23.7 Å². The summed E-state index contributed by atoms with van der Waals surface area (Å²) in [6, 6.07) is 9.55. The predicted octanol–water partition coefficient (Wildman–Crippen LogP) is 3.09. The van der Waals surface area contributed by atoms with Crippen LogP contribution in [0.1, 0.15) is 41.1 Å². The van der Waals surface area contributed by atoms with E-state index in [1.807, 2.05) is 6.07 Å². The first kappa shape index (κ1) is 18.9. The summed E-state index contributed by atoms with van der Waals surface area (Å²) in [5, 5.41) is 18.9. The first-order valence-electron chi connectivity index (χ1n) is 8.46. The van der Waals surface area contributed by atoms with Crippen molar-refractivity contribution >= 4 is 5.78 Å². The molecule has 0 amide bonds. The molecule has 1 aliphatic rings. The minimum Gasteiger partial charge on any atom is -0.494 e. The monoisotopic (exact) mass is 372 g/mol. The average Bonchev–Trinajstić information content (AvgIpc) is 2.65. The lowest BCUT2D eigenvalue weighted by atomic mass is 9.76. The van der Waals surface area contributed by atoms with Gasteiger partial charge in [0.25, 0.3) is 0 Å². The fraction of sp³-hybridized carbons (Fsp3) is 0.350. The maximum atomic E-state index is 14.9. The lowest BCUT2D eigenvalue weighted by molar-refractivity contribution is -0.151. The molecule has 1 N–H and O–H groups in total. The summed E-state index contributed by atoms with van der Waals surface area (Å²) >= 11 is 0. The van der Waals surface area contributed by atoms with E-state index in [1.165, 1.54) is 26.2 Å². The largest absolute Gasteiger partial charge is 0.494 e. The number of aliphatic hydroxyl groups is 1. The SMILES string of the molecule is COc1ccc(CC2Cc3cccc([C@H](C)O)c3C(F)(F)C2=O)nc1C#N. The molecule has 2 aromatic rings. The van der Waals surface area contributed by atoms with Gasteiger partial charge < -0.3 is 9.84 Å². The summed E-state index contributed by atoms with van der Waals surface area (Å²) in [5.74, 6) is -5.56. The molecule has 0 bridgehead atoms. The second kappa shape index (κ2) is 7.05. The van der Waals surface area contributed by atoms with Crippen molar-refractivity contribution in [2.45, 2.75) is 31.8 Å². The average molecular weight is 372 g/mol. The van der Waals surface area contributed by atoms with Gasteiger partial charge in [-0.15, -0.1) is 0 Å². The number of halogens is 2. The number of nitrogens with zero attached hydrogens (tertiary/aromatic N) is 2. The molecule has 0 fully saturated rings. The third-order valence-corrected chi connectivity index (χ3v) is 4.79. The van der Waals surface area contributed by atoms with Crippen molar-refractivity contribution in [1.82, 2.24) is 4.98 Å². The Morgan fingerprint density at radius 2 is 2.15 bits per heavy atom. The number of benzene rings is 1. The van der Waals surface area contributed by atoms with Crippen LogP contribution < -0.4 is 4.74 Å². The van der Waals surface area contributed by atoms with Crippen LogP contribution in [-0.2, 0) is 23.6 Å². The zero-order valence-electron chi connectivity index (χ0n) is 14.9. The fourth-order valence-corrected chi connectivity index (χ4v) is 3.52. The van der Waals surface area contributed by atoms with Crippen LogP contribution >= 0.6 is 0 Å². The number of carbonyl (C=O) groups excluding carboxylic acids is 1. The number of hydrogen-bond acceptors (Lipinski definition) is 5. The van der Waals surface area contributed by atoms with Gasteiger partial charge in [-0.05, 0) is 43.0 Å². The minimum atomic E-state index is -3.68. The molecule has 0 spiro atoms. The van der Waals surface area contributed by atoms with E-state index in [9.17, 15) is 18.7 Å². The maximum Gasteiger partial charge on any atom is 0.331 e. The van der Waals surface area contributed by atoms with Gasteiger partial charge in [-0.2, -0.15) is 14.0 Å². The highest BCUT2D eigenvalue weighted by molar-refractivity contribution is 5.92. The molecule has 1 unspecified atom stereocenters. The number of pyridine rings is 1. The number of ether oxygens (including phenoxy) is 1. The molecule has 0 aliphatic heterocycles. The number of fused-ring (bicyclic) bond motifs is 1. The van der Waals surface area contributed by atoms with Crippen molar-refractivity contribution in [1.29, 1.82) is 5.26 Å². The van der Waals surface area contributed by atoms with Gasteiger partial charge in [-0.25, -0.2) is 4.98 Å². The van der Waals surface area contributed by atoms with Gasteiger partial charge in [0.2, 0.25) is 5.78 Å².